The number of hydrogen-bond donors (Lipinski definition) is 2. The molecular weight excluding hydrogens is 138 g/mol. The predicted octanol–water partition coefficient (Wildman–Crippen LogP) is 0.899. The summed E-state index contributed by atoms with van der Waals surface area (Å²) < 4.78 is 0. The van der Waals surface area contributed by atoms with Gasteiger partial charge in [0.25, 0.3) is 0 Å². The molecule has 1 saturated carbocycles. The average molecular weight is 155 g/mol. The lowest BCUT2D eigenvalue weighted by molar-refractivity contribution is 0.0317. The van der Waals surface area contributed by atoms with E-state index in [9.17, 15) is 5.11 Å². The molecule has 0 aromatic rings. The van der Waals surface area contributed by atoms with Gasteiger partial charge in [-0.1, -0.05) is 12.8 Å². The molecule has 2 heteroatoms. The van der Waals surface area contributed by atoms with Gasteiger partial charge in [-0.3, -0.25) is 0 Å². The monoisotopic (exact) mass is 155 g/mol. The van der Waals surface area contributed by atoms with Gasteiger partial charge in [0.05, 0.1) is 6.10 Å². The molecule has 11 heavy (non-hydrogen) atoms. The van der Waals surface area contributed by atoms with Gasteiger partial charge in [0.1, 0.15) is 0 Å². The maximum atomic E-state index is 9.66. The summed E-state index contributed by atoms with van der Waals surface area (Å²) in [4.78, 5) is 0. The minimum absolute atomic E-state index is 0.0125. The molecule has 0 radical (unpaired) electrons. The number of rotatable bonds is 0. The fourth-order valence-electron chi connectivity index (χ4n) is 2.50. The van der Waals surface area contributed by atoms with Gasteiger partial charge in [-0.2, -0.15) is 0 Å². The van der Waals surface area contributed by atoms with Crippen molar-refractivity contribution in [3.63, 3.8) is 0 Å². The smallest absolute Gasteiger partial charge is 0.0595 e. The largest absolute Gasteiger partial charge is 0.393 e. The van der Waals surface area contributed by atoms with Crippen LogP contribution in [0.5, 0.6) is 0 Å². The van der Waals surface area contributed by atoms with Gasteiger partial charge in [0, 0.05) is 12.0 Å². The lowest BCUT2D eigenvalue weighted by atomic mass is 9.78. The molecule has 2 aliphatic rings. The van der Waals surface area contributed by atoms with Crippen LogP contribution in [0.1, 0.15) is 32.1 Å². The Morgan fingerprint density at radius 2 is 1.91 bits per heavy atom. The highest BCUT2D eigenvalue weighted by Gasteiger charge is 2.33. The third kappa shape index (κ3) is 1.42. The topological polar surface area (TPSA) is 32.3 Å². The zero-order chi connectivity index (χ0) is 7.68. The van der Waals surface area contributed by atoms with Gasteiger partial charge in [0.15, 0.2) is 0 Å². The van der Waals surface area contributed by atoms with Crippen LogP contribution in [0.4, 0.5) is 0 Å². The first-order valence-corrected chi connectivity index (χ1v) is 4.79. The van der Waals surface area contributed by atoms with E-state index in [1.807, 2.05) is 0 Å². The second-order valence-corrected chi connectivity index (χ2v) is 3.86. The highest BCUT2D eigenvalue weighted by atomic mass is 16.3. The quantitative estimate of drug-likeness (QED) is 0.544. The number of fused-ring (bicyclic) bond motifs is 1. The van der Waals surface area contributed by atoms with E-state index < -0.39 is 0 Å². The molecule has 2 fully saturated rings. The zero-order valence-corrected chi connectivity index (χ0v) is 6.92. The van der Waals surface area contributed by atoms with E-state index in [2.05, 4.69) is 5.32 Å². The minimum atomic E-state index is -0.0125. The fourth-order valence-corrected chi connectivity index (χ4v) is 2.50. The van der Waals surface area contributed by atoms with Gasteiger partial charge in [-0.15, -0.1) is 0 Å². The summed E-state index contributed by atoms with van der Waals surface area (Å²) in [5.41, 5.74) is 0. The summed E-state index contributed by atoms with van der Waals surface area (Å²) in [6.07, 6.45) is 6.13. The van der Waals surface area contributed by atoms with Crippen LogP contribution in [0, 0.1) is 5.92 Å². The molecule has 2 nitrogen and oxygen atoms in total. The van der Waals surface area contributed by atoms with E-state index >= 15 is 0 Å². The van der Waals surface area contributed by atoms with E-state index in [1.54, 1.807) is 0 Å². The molecule has 1 aliphatic carbocycles. The van der Waals surface area contributed by atoms with E-state index in [1.165, 1.54) is 25.7 Å². The third-order valence-corrected chi connectivity index (χ3v) is 3.16. The van der Waals surface area contributed by atoms with E-state index in [4.69, 9.17) is 0 Å². The summed E-state index contributed by atoms with van der Waals surface area (Å²) in [7, 11) is 0. The van der Waals surface area contributed by atoms with Crippen LogP contribution in [0.3, 0.4) is 0 Å². The van der Waals surface area contributed by atoms with E-state index in [0.717, 1.165) is 13.0 Å². The van der Waals surface area contributed by atoms with Gasteiger partial charge >= 0.3 is 0 Å². The molecule has 0 aromatic heterocycles. The molecule has 1 saturated heterocycles. The minimum Gasteiger partial charge on any atom is -0.393 e. The predicted molar refractivity (Wildman–Crippen MR) is 44.4 cm³/mol. The zero-order valence-electron chi connectivity index (χ0n) is 6.92. The van der Waals surface area contributed by atoms with Crippen LogP contribution >= 0.6 is 0 Å². The lowest BCUT2D eigenvalue weighted by Crippen LogP contribution is -2.49. The van der Waals surface area contributed by atoms with Crippen LogP contribution in [0.15, 0.2) is 0 Å². The third-order valence-electron chi connectivity index (χ3n) is 3.16. The van der Waals surface area contributed by atoms with Crippen LogP contribution in [-0.4, -0.2) is 23.8 Å². The normalized spacial score (nSPS) is 45.0. The fraction of sp³-hybridized carbons (Fsp3) is 1.00. The summed E-state index contributed by atoms with van der Waals surface area (Å²) in [5.74, 6) is 0.567. The number of nitrogens with one attached hydrogen (secondary N) is 1. The maximum Gasteiger partial charge on any atom is 0.0595 e. The Kier molecular flexibility index (Phi) is 2.14. The Hall–Kier alpha value is -0.0800. The van der Waals surface area contributed by atoms with Crippen molar-refractivity contribution in [1.29, 1.82) is 0 Å². The van der Waals surface area contributed by atoms with Gasteiger partial charge in [-0.05, 0) is 25.8 Å². The van der Waals surface area contributed by atoms with Crippen molar-refractivity contribution < 1.29 is 5.11 Å². The first-order valence-electron chi connectivity index (χ1n) is 4.79. The first-order chi connectivity index (χ1) is 5.38. The second kappa shape index (κ2) is 3.11. The van der Waals surface area contributed by atoms with Crippen molar-refractivity contribution in [3.8, 4) is 0 Å². The van der Waals surface area contributed by atoms with Gasteiger partial charge in [0.2, 0.25) is 0 Å². The van der Waals surface area contributed by atoms with Crippen LogP contribution < -0.4 is 5.32 Å². The first kappa shape index (κ1) is 7.56. The Morgan fingerprint density at radius 1 is 1.09 bits per heavy atom. The van der Waals surface area contributed by atoms with Crippen LogP contribution in [0.25, 0.3) is 0 Å². The van der Waals surface area contributed by atoms with Gasteiger partial charge < -0.3 is 10.4 Å². The SMILES string of the molecule is O[C@H]1CCN[C@H]2CCCC[C@H]21. The molecular formula is C9H17NO. The molecule has 1 aliphatic heterocycles. The molecule has 64 valence electrons. The molecule has 0 aromatic carbocycles. The number of aliphatic hydroxyl groups excluding tert-OH is 1. The van der Waals surface area contributed by atoms with E-state index in [0.29, 0.717) is 12.0 Å². The van der Waals surface area contributed by atoms with Gasteiger partial charge in [-0.25, -0.2) is 0 Å². The molecule has 0 unspecified atom stereocenters. The standard InChI is InChI=1S/C9H17NO/c11-9-5-6-10-8-4-2-1-3-7(8)9/h7-11H,1-6H2/t7-,8+,9+/m1/s1. The molecule has 2 N–H and O–H groups in total. The number of hydrogen-bond acceptors (Lipinski definition) is 2. The lowest BCUT2D eigenvalue weighted by Gasteiger charge is -2.39. The highest BCUT2D eigenvalue weighted by Crippen LogP contribution is 2.30. The average Bonchev–Trinajstić information content (AvgIpc) is 2.06. The van der Waals surface area contributed by atoms with Crippen molar-refractivity contribution >= 4 is 0 Å². The number of aliphatic hydroxyl groups is 1. The van der Waals surface area contributed by atoms with Crippen molar-refractivity contribution in [2.45, 2.75) is 44.2 Å². The highest BCUT2D eigenvalue weighted by molar-refractivity contribution is 4.89. The maximum absolute atomic E-state index is 9.66. The molecule has 0 spiro atoms. The van der Waals surface area contributed by atoms with Crippen LogP contribution in [-0.2, 0) is 0 Å². The number of piperidine rings is 1. The Bertz CT molecular complexity index is 136. The summed E-state index contributed by atoms with van der Waals surface area (Å²) in [5, 5.41) is 13.2. The van der Waals surface area contributed by atoms with Crippen molar-refractivity contribution in [3.05, 3.63) is 0 Å². The van der Waals surface area contributed by atoms with Crippen molar-refractivity contribution in [1.82, 2.24) is 5.32 Å². The molecule has 3 atom stereocenters. The Labute approximate surface area is 68.0 Å². The summed E-state index contributed by atoms with van der Waals surface area (Å²) in [6.45, 7) is 1.02. The molecule has 2 rings (SSSR count). The Balaban J connectivity index is 1.99. The molecule has 1 heterocycles. The summed E-state index contributed by atoms with van der Waals surface area (Å²) in [6, 6.07) is 0.632. The Morgan fingerprint density at radius 3 is 2.73 bits per heavy atom. The second-order valence-electron chi connectivity index (χ2n) is 3.86. The van der Waals surface area contributed by atoms with Crippen molar-refractivity contribution in [2.75, 3.05) is 6.54 Å². The summed E-state index contributed by atoms with van der Waals surface area (Å²) >= 11 is 0. The van der Waals surface area contributed by atoms with Crippen molar-refractivity contribution in [2.24, 2.45) is 5.92 Å². The van der Waals surface area contributed by atoms with Crippen LogP contribution in [0.2, 0.25) is 0 Å². The van der Waals surface area contributed by atoms with E-state index in [-0.39, 0.29) is 6.10 Å². The molecule has 0 bridgehead atoms. The molecule has 0 amide bonds.